The van der Waals surface area contributed by atoms with Crippen molar-refractivity contribution in [3.05, 3.63) is 29.3 Å². The van der Waals surface area contributed by atoms with Gasteiger partial charge in [-0.25, -0.2) is 0 Å². The topological polar surface area (TPSA) is 57.6 Å². The van der Waals surface area contributed by atoms with E-state index < -0.39 is 0 Å². The monoisotopic (exact) mass is 219 g/mol. The summed E-state index contributed by atoms with van der Waals surface area (Å²) in [6.45, 7) is 1.96. The van der Waals surface area contributed by atoms with E-state index in [2.05, 4.69) is 0 Å². The van der Waals surface area contributed by atoms with Gasteiger partial charge in [0.1, 0.15) is 0 Å². The molecule has 0 unspecified atom stereocenters. The Morgan fingerprint density at radius 1 is 1.38 bits per heavy atom. The highest BCUT2D eigenvalue weighted by Crippen LogP contribution is 2.25. The fourth-order valence-corrected chi connectivity index (χ4v) is 1.85. The summed E-state index contributed by atoms with van der Waals surface area (Å²) in [4.78, 5) is 24.3. The van der Waals surface area contributed by atoms with Gasteiger partial charge in [-0.1, -0.05) is 12.1 Å². The van der Waals surface area contributed by atoms with E-state index in [1.54, 1.807) is 12.1 Å². The fraction of sp³-hybridized carbons (Fsp3) is 0.333. The number of carbonyl (C=O) groups excluding carboxylic acids is 2. The lowest BCUT2D eigenvalue weighted by Crippen LogP contribution is -2.25. The molecule has 4 heteroatoms. The van der Waals surface area contributed by atoms with Crippen LogP contribution in [-0.4, -0.2) is 23.3 Å². The second-order valence-corrected chi connectivity index (χ2v) is 3.97. The molecule has 0 aromatic heterocycles. The quantitative estimate of drug-likeness (QED) is 0.748. The molecule has 0 radical (unpaired) electrons. The van der Waals surface area contributed by atoms with Crippen LogP contribution in [0, 0.1) is 6.92 Å². The first-order valence-electron chi connectivity index (χ1n) is 5.14. The van der Waals surface area contributed by atoms with Crippen LogP contribution in [0.5, 0.6) is 0 Å². The maximum atomic E-state index is 11.6. The van der Waals surface area contributed by atoms with Gasteiger partial charge in [0.25, 0.3) is 0 Å². The number of aryl methyl sites for hydroxylation is 1. The Labute approximate surface area is 93.5 Å². The smallest absolute Gasteiger partial charge is 0.234 e. The minimum atomic E-state index is -0.164. The zero-order valence-corrected chi connectivity index (χ0v) is 9.06. The van der Waals surface area contributed by atoms with Crippen LogP contribution in [0.25, 0.3) is 0 Å². The Balaban J connectivity index is 2.39. The predicted octanol–water partition coefficient (Wildman–Crippen LogP) is 0.793. The van der Waals surface area contributed by atoms with Crippen LogP contribution in [0.2, 0.25) is 0 Å². The zero-order valence-electron chi connectivity index (χ0n) is 9.06. The fourth-order valence-electron chi connectivity index (χ4n) is 1.85. The molecule has 0 saturated carbocycles. The van der Waals surface area contributed by atoms with Crippen molar-refractivity contribution in [1.82, 2.24) is 0 Å². The van der Waals surface area contributed by atoms with E-state index in [1.165, 1.54) is 4.90 Å². The molecule has 0 aliphatic carbocycles. The molecule has 1 aromatic rings. The van der Waals surface area contributed by atoms with Crippen LogP contribution in [0.1, 0.15) is 17.5 Å². The summed E-state index contributed by atoms with van der Waals surface area (Å²) in [7, 11) is 0. The predicted molar refractivity (Wildman–Crippen MR) is 59.1 cm³/mol. The first-order chi connectivity index (χ1) is 7.61. The van der Waals surface area contributed by atoms with Crippen LogP contribution in [0.4, 0.5) is 5.69 Å². The molecule has 4 nitrogen and oxygen atoms in total. The van der Waals surface area contributed by atoms with Gasteiger partial charge in [0.15, 0.2) is 5.78 Å². The maximum Gasteiger partial charge on any atom is 0.234 e. The molecule has 1 aromatic carbocycles. The lowest BCUT2D eigenvalue weighted by atomic mass is 10.1. The standard InChI is InChI=1S/C12H13NO3/c1-8-2-3-9(7-14)4-11(8)13-6-10(15)5-12(13)16/h2-4,14H,5-7H2,1H3. The average Bonchev–Trinajstić information content (AvgIpc) is 2.58. The Hall–Kier alpha value is -1.68. The van der Waals surface area contributed by atoms with Crippen molar-refractivity contribution >= 4 is 17.4 Å². The number of hydrogen-bond donors (Lipinski definition) is 1. The van der Waals surface area contributed by atoms with Gasteiger partial charge in [0.2, 0.25) is 5.91 Å². The summed E-state index contributed by atoms with van der Waals surface area (Å²) >= 11 is 0. The van der Waals surface area contributed by atoms with E-state index in [-0.39, 0.29) is 31.3 Å². The number of hydrogen-bond acceptors (Lipinski definition) is 3. The van der Waals surface area contributed by atoms with Gasteiger partial charge in [-0.3, -0.25) is 9.59 Å². The molecular formula is C12H13NO3. The van der Waals surface area contributed by atoms with Gasteiger partial charge in [-0.05, 0) is 24.1 Å². The molecule has 1 fully saturated rings. The first-order valence-corrected chi connectivity index (χ1v) is 5.14. The summed E-state index contributed by atoms with van der Waals surface area (Å²) in [5, 5.41) is 9.04. The van der Waals surface area contributed by atoms with Gasteiger partial charge in [0.05, 0.1) is 19.6 Å². The van der Waals surface area contributed by atoms with E-state index in [4.69, 9.17) is 5.11 Å². The molecule has 2 rings (SSSR count). The minimum Gasteiger partial charge on any atom is -0.392 e. The number of Topliss-reactive ketones (excluding diaryl/α,β-unsaturated/α-hetero) is 1. The number of ketones is 1. The van der Waals surface area contributed by atoms with Crippen molar-refractivity contribution in [3.63, 3.8) is 0 Å². The van der Waals surface area contributed by atoms with Crippen LogP contribution in [0.15, 0.2) is 18.2 Å². The van der Waals surface area contributed by atoms with Crippen molar-refractivity contribution in [2.75, 3.05) is 11.4 Å². The maximum absolute atomic E-state index is 11.6. The molecule has 1 aliphatic rings. The van der Waals surface area contributed by atoms with Gasteiger partial charge in [-0.2, -0.15) is 0 Å². The molecule has 0 spiro atoms. The minimum absolute atomic E-state index is 0.0111. The van der Waals surface area contributed by atoms with Crippen LogP contribution in [-0.2, 0) is 16.2 Å². The number of rotatable bonds is 2. The zero-order chi connectivity index (χ0) is 11.7. The highest BCUT2D eigenvalue weighted by atomic mass is 16.3. The molecule has 1 amide bonds. The van der Waals surface area contributed by atoms with Gasteiger partial charge < -0.3 is 10.0 Å². The van der Waals surface area contributed by atoms with Gasteiger partial charge in [-0.15, -0.1) is 0 Å². The Morgan fingerprint density at radius 2 is 2.12 bits per heavy atom. The number of carbonyl (C=O) groups is 2. The van der Waals surface area contributed by atoms with Gasteiger partial charge >= 0.3 is 0 Å². The molecule has 16 heavy (non-hydrogen) atoms. The molecule has 1 saturated heterocycles. The summed E-state index contributed by atoms with van der Waals surface area (Å²) < 4.78 is 0. The highest BCUT2D eigenvalue weighted by Gasteiger charge is 2.29. The lowest BCUT2D eigenvalue weighted by molar-refractivity contribution is -0.121. The lowest BCUT2D eigenvalue weighted by Gasteiger charge is -2.18. The van der Waals surface area contributed by atoms with Crippen molar-refractivity contribution < 1.29 is 14.7 Å². The number of nitrogens with zero attached hydrogens (tertiary/aromatic N) is 1. The second-order valence-electron chi connectivity index (χ2n) is 3.97. The van der Waals surface area contributed by atoms with Crippen molar-refractivity contribution in [2.45, 2.75) is 20.0 Å². The van der Waals surface area contributed by atoms with Crippen molar-refractivity contribution in [3.8, 4) is 0 Å². The summed E-state index contributed by atoms with van der Waals surface area (Å²) in [6.07, 6.45) is -0.0111. The number of anilines is 1. The third-order valence-corrected chi connectivity index (χ3v) is 2.73. The summed E-state index contributed by atoms with van der Waals surface area (Å²) in [5.41, 5.74) is 2.40. The van der Waals surface area contributed by atoms with E-state index >= 15 is 0 Å². The molecule has 84 valence electrons. The van der Waals surface area contributed by atoms with Crippen molar-refractivity contribution in [1.29, 1.82) is 0 Å². The first kappa shape index (κ1) is 10.8. The van der Waals surface area contributed by atoms with E-state index in [1.807, 2.05) is 13.0 Å². The number of benzene rings is 1. The number of aliphatic hydroxyl groups is 1. The molecule has 1 aliphatic heterocycles. The largest absolute Gasteiger partial charge is 0.392 e. The summed E-state index contributed by atoms with van der Waals surface area (Å²) in [6, 6.07) is 5.41. The number of aliphatic hydroxyl groups excluding tert-OH is 1. The molecular weight excluding hydrogens is 206 g/mol. The average molecular weight is 219 g/mol. The van der Waals surface area contributed by atoms with Gasteiger partial charge in [0, 0.05) is 5.69 Å². The highest BCUT2D eigenvalue weighted by molar-refractivity contribution is 6.15. The van der Waals surface area contributed by atoms with Crippen LogP contribution < -0.4 is 4.90 Å². The van der Waals surface area contributed by atoms with E-state index in [9.17, 15) is 9.59 Å². The van der Waals surface area contributed by atoms with Crippen molar-refractivity contribution in [2.24, 2.45) is 0 Å². The Bertz CT molecular complexity index is 454. The Morgan fingerprint density at radius 3 is 2.69 bits per heavy atom. The molecule has 1 N–H and O–H groups in total. The van der Waals surface area contributed by atoms with Crippen LogP contribution >= 0.6 is 0 Å². The summed E-state index contributed by atoms with van der Waals surface area (Å²) in [5.74, 6) is -0.220. The Kier molecular flexibility index (Phi) is 2.75. The number of amides is 1. The normalized spacial score (nSPS) is 16.0. The van der Waals surface area contributed by atoms with E-state index in [0.29, 0.717) is 0 Å². The third kappa shape index (κ3) is 1.84. The third-order valence-electron chi connectivity index (χ3n) is 2.73. The molecule has 0 bridgehead atoms. The van der Waals surface area contributed by atoms with E-state index in [0.717, 1.165) is 16.8 Å². The second kappa shape index (κ2) is 4.06. The molecule has 1 heterocycles. The molecule has 0 atom stereocenters. The van der Waals surface area contributed by atoms with Crippen LogP contribution in [0.3, 0.4) is 0 Å². The SMILES string of the molecule is Cc1ccc(CO)cc1N1CC(=O)CC1=O.